The standard InChI is InChI=1S/C9H6Cl2OS2/c10-7-3-6(9(11)14-7)8(12)5-1-2-13-4-5/h1-4,8,12H. The molecular weight excluding hydrogens is 259 g/mol. The Morgan fingerprint density at radius 1 is 1.36 bits per heavy atom. The van der Waals surface area contributed by atoms with E-state index in [1.165, 1.54) is 11.3 Å². The number of thiophene rings is 2. The largest absolute Gasteiger partial charge is 0.384 e. The van der Waals surface area contributed by atoms with Crippen molar-refractivity contribution in [2.75, 3.05) is 0 Å². The third kappa shape index (κ3) is 1.97. The fourth-order valence-electron chi connectivity index (χ4n) is 1.15. The maximum Gasteiger partial charge on any atom is 0.107 e. The molecule has 14 heavy (non-hydrogen) atoms. The second-order valence-corrected chi connectivity index (χ2v) is 5.80. The Bertz CT molecular complexity index is 422. The summed E-state index contributed by atoms with van der Waals surface area (Å²) >= 11 is 14.5. The monoisotopic (exact) mass is 264 g/mol. The highest BCUT2D eigenvalue weighted by atomic mass is 35.5. The van der Waals surface area contributed by atoms with Crippen LogP contribution in [0.25, 0.3) is 0 Å². The van der Waals surface area contributed by atoms with E-state index in [-0.39, 0.29) is 0 Å². The van der Waals surface area contributed by atoms with E-state index >= 15 is 0 Å². The van der Waals surface area contributed by atoms with Gasteiger partial charge < -0.3 is 5.11 Å². The highest BCUT2D eigenvalue weighted by molar-refractivity contribution is 7.20. The first-order valence-electron chi connectivity index (χ1n) is 3.83. The van der Waals surface area contributed by atoms with Crippen LogP contribution < -0.4 is 0 Å². The Balaban J connectivity index is 2.36. The number of aliphatic hydroxyl groups excluding tert-OH is 1. The van der Waals surface area contributed by atoms with Crippen molar-refractivity contribution >= 4 is 45.9 Å². The van der Waals surface area contributed by atoms with Crippen molar-refractivity contribution in [3.05, 3.63) is 42.7 Å². The summed E-state index contributed by atoms with van der Waals surface area (Å²) in [6, 6.07) is 3.58. The molecule has 0 aliphatic heterocycles. The molecule has 1 unspecified atom stereocenters. The van der Waals surface area contributed by atoms with Gasteiger partial charge in [-0.05, 0) is 28.5 Å². The third-order valence-electron chi connectivity index (χ3n) is 1.84. The minimum Gasteiger partial charge on any atom is -0.384 e. The van der Waals surface area contributed by atoms with Crippen LogP contribution in [-0.2, 0) is 0 Å². The lowest BCUT2D eigenvalue weighted by Crippen LogP contribution is -1.95. The number of halogens is 2. The predicted molar refractivity (Wildman–Crippen MR) is 62.7 cm³/mol. The summed E-state index contributed by atoms with van der Waals surface area (Å²) in [5, 5.41) is 13.8. The quantitative estimate of drug-likeness (QED) is 0.862. The summed E-state index contributed by atoms with van der Waals surface area (Å²) < 4.78 is 1.15. The molecule has 2 rings (SSSR count). The number of hydrogen-bond acceptors (Lipinski definition) is 3. The van der Waals surface area contributed by atoms with Crippen molar-refractivity contribution in [1.29, 1.82) is 0 Å². The SMILES string of the molecule is OC(c1ccsc1)c1cc(Cl)sc1Cl. The molecular formula is C9H6Cl2OS2. The Labute approximate surface area is 99.5 Å². The summed E-state index contributed by atoms with van der Waals surface area (Å²) in [4.78, 5) is 0. The van der Waals surface area contributed by atoms with Gasteiger partial charge in [-0.25, -0.2) is 0 Å². The Morgan fingerprint density at radius 2 is 2.14 bits per heavy atom. The van der Waals surface area contributed by atoms with Crippen molar-refractivity contribution in [2.45, 2.75) is 6.10 Å². The normalized spacial score (nSPS) is 13.1. The van der Waals surface area contributed by atoms with E-state index in [1.54, 1.807) is 17.4 Å². The topological polar surface area (TPSA) is 20.2 Å². The van der Waals surface area contributed by atoms with Crippen molar-refractivity contribution < 1.29 is 5.11 Å². The van der Waals surface area contributed by atoms with Gasteiger partial charge in [0.05, 0.1) is 4.34 Å². The van der Waals surface area contributed by atoms with E-state index in [4.69, 9.17) is 23.2 Å². The van der Waals surface area contributed by atoms with Crippen LogP contribution in [0.5, 0.6) is 0 Å². The second-order valence-electron chi connectivity index (χ2n) is 2.74. The molecule has 74 valence electrons. The highest BCUT2D eigenvalue weighted by Gasteiger charge is 2.16. The lowest BCUT2D eigenvalue weighted by atomic mass is 10.1. The van der Waals surface area contributed by atoms with Gasteiger partial charge >= 0.3 is 0 Å². The first-order chi connectivity index (χ1) is 6.68. The highest BCUT2D eigenvalue weighted by Crippen LogP contribution is 2.37. The Morgan fingerprint density at radius 3 is 2.64 bits per heavy atom. The van der Waals surface area contributed by atoms with E-state index in [0.29, 0.717) is 14.2 Å². The molecule has 1 atom stereocenters. The van der Waals surface area contributed by atoms with Crippen molar-refractivity contribution in [1.82, 2.24) is 0 Å². The molecule has 0 spiro atoms. The maximum atomic E-state index is 9.95. The average Bonchev–Trinajstić information content (AvgIpc) is 2.73. The smallest absolute Gasteiger partial charge is 0.107 e. The van der Waals surface area contributed by atoms with Gasteiger partial charge in [0.1, 0.15) is 10.4 Å². The lowest BCUT2D eigenvalue weighted by molar-refractivity contribution is 0.221. The number of hydrogen-bond donors (Lipinski definition) is 1. The van der Waals surface area contributed by atoms with Crippen molar-refractivity contribution in [3.8, 4) is 0 Å². The molecule has 1 N–H and O–H groups in total. The van der Waals surface area contributed by atoms with Crippen molar-refractivity contribution in [2.24, 2.45) is 0 Å². The van der Waals surface area contributed by atoms with Crippen LogP contribution in [0.4, 0.5) is 0 Å². The third-order valence-corrected chi connectivity index (χ3v) is 4.06. The predicted octanol–water partition coefficient (Wildman–Crippen LogP) is 4.20. The average molecular weight is 265 g/mol. The minimum atomic E-state index is -0.669. The Hall–Kier alpha value is -0.0600. The van der Waals surface area contributed by atoms with E-state index in [1.807, 2.05) is 16.8 Å². The summed E-state index contributed by atoms with van der Waals surface area (Å²) in [6.07, 6.45) is -0.669. The van der Waals surface area contributed by atoms with Gasteiger partial charge in [0.2, 0.25) is 0 Å². The molecule has 0 saturated carbocycles. The molecule has 0 radical (unpaired) electrons. The van der Waals surface area contributed by atoms with E-state index in [2.05, 4.69) is 0 Å². The van der Waals surface area contributed by atoms with E-state index in [0.717, 1.165) is 5.56 Å². The number of aliphatic hydroxyl groups is 1. The molecule has 0 amide bonds. The maximum absolute atomic E-state index is 9.95. The van der Waals surface area contributed by atoms with Gasteiger partial charge in [0.15, 0.2) is 0 Å². The fourth-order valence-corrected chi connectivity index (χ4v) is 3.35. The minimum absolute atomic E-state index is 0.550. The van der Waals surface area contributed by atoms with Crippen LogP contribution in [0.1, 0.15) is 17.2 Å². The van der Waals surface area contributed by atoms with Gasteiger partial charge in [-0.3, -0.25) is 0 Å². The van der Waals surface area contributed by atoms with Crippen LogP contribution in [-0.4, -0.2) is 5.11 Å². The van der Waals surface area contributed by atoms with Crippen LogP contribution in [0.15, 0.2) is 22.9 Å². The zero-order chi connectivity index (χ0) is 10.1. The molecule has 0 aromatic carbocycles. The van der Waals surface area contributed by atoms with Gasteiger partial charge in [0.25, 0.3) is 0 Å². The molecule has 0 fully saturated rings. The molecule has 2 heterocycles. The molecule has 5 heteroatoms. The summed E-state index contributed by atoms with van der Waals surface area (Å²) in [5.41, 5.74) is 1.53. The lowest BCUT2D eigenvalue weighted by Gasteiger charge is -2.06. The van der Waals surface area contributed by atoms with Gasteiger partial charge in [-0.2, -0.15) is 11.3 Å². The molecule has 1 nitrogen and oxygen atoms in total. The zero-order valence-corrected chi connectivity index (χ0v) is 10.1. The van der Waals surface area contributed by atoms with Gasteiger partial charge in [-0.15, -0.1) is 11.3 Å². The molecule has 0 aliphatic rings. The Kier molecular flexibility index (Phi) is 3.14. The summed E-state index contributed by atoms with van der Waals surface area (Å²) in [6.45, 7) is 0. The summed E-state index contributed by atoms with van der Waals surface area (Å²) in [5.74, 6) is 0. The molecule has 2 aromatic rings. The van der Waals surface area contributed by atoms with Crippen LogP contribution in [0.2, 0.25) is 8.67 Å². The van der Waals surface area contributed by atoms with Crippen LogP contribution in [0, 0.1) is 0 Å². The second kappa shape index (κ2) is 4.21. The summed E-state index contributed by atoms with van der Waals surface area (Å²) in [7, 11) is 0. The number of rotatable bonds is 2. The fraction of sp³-hybridized carbons (Fsp3) is 0.111. The van der Waals surface area contributed by atoms with Gasteiger partial charge in [-0.1, -0.05) is 23.2 Å². The molecule has 0 saturated heterocycles. The van der Waals surface area contributed by atoms with Crippen LogP contribution in [0.3, 0.4) is 0 Å². The molecule has 0 aliphatic carbocycles. The van der Waals surface area contributed by atoms with E-state index in [9.17, 15) is 5.11 Å². The first-order valence-corrected chi connectivity index (χ1v) is 6.35. The zero-order valence-electron chi connectivity index (χ0n) is 6.91. The molecule has 2 aromatic heterocycles. The molecule has 0 bridgehead atoms. The van der Waals surface area contributed by atoms with Crippen molar-refractivity contribution in [3.63, 3.8) is 0 Å². The van der Waals surface area contributed by atoms with Crippen LogP contribution >= 0.6 is 45.9 Å². The van der Waals surface area contributed by atoms with E-state index < -0.39 is 6.10 Å². The van der Waals surface area contributed by atoms with Gasteiger partial charge in [0, 0.05) is 5.56 Å². The first kappa shape index (κ1) is 10.5.